The van der Waals surface area contributed by atoms with Crippen LogP contribution in [0.5, 0.6) is 0 Å². The quantitative estimate of drug-likeness (QED) is 0.911. The maximum absolute atomic E-state index is 13.7. The van der Waals surface area contributed by atoms with Crippen LogP contribution >= 0.6 is 0 Å². The monoisotopic (exact) mass is 286 g/mol. The molecule has 0 radical (unpaired) electrons. The summed E-state index contributed by atoms with van der Waals surface area (Å²) in [4.78, 5) is 23.4. The minimum Gasteiger partial charge on any atom is -0.355 e. The minimum atomic E-state index is -0.561. The highest BCUT2D eigenvalue weighted by molar-refractivity contribution is 6.04. The maximum Gasteiger partial charge on any atom is 0.258 e. The Kier molecular flexibility index (Phi) is 4.33. The zero-order valence-corrected chi connectivity index (χ0v) is 11.7. The number of aryl methyl sites for hydroxylation is 1. The van der Waals surface area contributed by atoms with Crippen LogP contribution < -0.4 is 10.6 Å². The van der Waals surface area contributed by atoms with E-state index in [4.69, 9.17) is 0 Å². The average molecular weight is 286 g/mol. The molecule has 2 N–H and O–H groups in total. The van der Waals surface area contributed by atoms with Crippen molar-refractivity contribution in [2.24, 2.45) is 0 Å². The van der Waals surface area contributed by atoms with Crippen molar-refractivity contribution in [3.8, 4) is 0 Å². The SMILES string of the molecule is CNC(=O)c1ccc(NC(=O)c2ccc(C)cc2F)cc1. The van der Waals surface area contributed by atoms with Crippen molar-refractivity contribution >= 4 is 17.5 Å². The molecule has 0 bridgehead atoms. The molecule has 108 valence electrons. The van der Waals surface area contributed by atoms with Gasteiger partial charge in [-0.15, -0.1) is 0 Å². The van der Waals surface area contributed by atoms with Gasteiger partial charge in [-0.1, -0.05) is 6.07 Å². The van der Waals surface area contributed by atoms with Crippen LogP contribution in [0.4, 0.5) is 10.1 Å². The smallest absolute Gasteiger partial charge is 0.258 e. The van der Waals surface area contributed by atoms with E-state index in [2.05, 4.69) is 10.6 Å². The van der Waals surface area contributed by atoms with Gasteiger partial charge in [-0.25, -0.2) is 4.39 Å². The Hall–Kier alpha value is -2.69. The van der Waals surface area contributed by atoms with Crippen LogP contribution in [0.3, 0.4) is 0 Å². The second-order valence-corrected chi connectivity index (χ2v) is 4.59. The summed E-state index contributed by atoms with van der Waals surface area (Å²) in [6.45, 7) is 1.75. The van der Waals surface area contributed by atoms with Gasteiger partial charge in [-0.05, 0) is 48.9 Å². The predicted molar refractivity (Wildman–Crippen MR) is 78.9 cm³/mol. The highest BCUT2D eigenvalue weighted by Gasteiger charge is 2.12. The molecule has 5 heteroatoms. The number of carbonyl (C=O) groups excluding carboxylic acids is 2. The summed E-state index contributed by atoms with van der Waals surface area (Å²) in [5.74, 6) is -1.30. The summed E-state index contributed by atoms with van der Waals surface area (Å²) in [6, 6.07) is 10.8. The normalized spacial score (nSPS) is 10.0. The molecule has 2 amide bonds. The molecule has 4 nitrogen and oxygen atoms in total. The molecule has 0 aliphatic carbocycles. The van der Waals surface area contributed by atoms with E-state index in [1.54, 1.807) is 37.3 Å². The standard InChI is InChI=1S/C16H15FN2O2/c1-10-3-8-13(14(17)9-10)16(21)19-12-6-4-11(5-7-12)15(20)18-2/h3-9H,1-2H3,(H,18,20)(H,19,21). The Morgan fingerprint density at radius 1 is 1.00 bits per heavy atom. The molecule has 2 aromatic rings. The van der Waals surface area contributed by atoms with E-state index in [9.17, 15) is 14.0 Å². The van der Waals surface area contributed by atoms with Crippen LogP contribution in [0, 0.1) is 12.7 Å². The number of rotatable bonds is 3. The number of hydrogen-bond acceptors (Lipinski definition) is 2. The first-order valence-corrected chi connectivity index (χ1v) is 6.41. The van der Waals surface area contributed by atoms with Gasteiger partial charge >= 0.3 is 0 Å². The van der Waals surface area contributed by atoms with E-state index >= 15 is 0 Å². The number of halogens is 1. The van der Waals surface area contributed by atoms with E-state index in [0.29, 0.717) is 11.3 Å². The van der Waals surface area contributed by atoms with E-state index in [1.165, 1.54) is 19.2 Å². The highest BCUT2D eigenvalue weighted by Crippen LogP contribution is 2.14. The van der Waals surface area contributed by atoms with Gasteiger partial charge in [0.1, 0.15) is 5.82 Å². The lowest BCUT2D eigenvalue weighted by Gasteiger charge is -2.07. The molecule has 0 aromatic heterocycles. The molecule has 0 heterocycles. The first-order valence-electron chi connectivity index (χ1n) is 6.41. The van der Waals surface area contributed by atoms with Gasteiger partial charge in [0, 0.05) is 18.3 Å². The third-order valence-electron chi connectivity index (χ3n) is 3.00. The van der Waals surface area contributed by atoms with Crippen LogP contribution in [0.25, 0.3) is 0 Å². The van der Waals surface area contributed by atoms with Crippen molar-refractivity contribution in [3.63, 3.8) is 0 Å². The molecule has 2 aromatic carbocycles. The van der Waals surface area contributed by atoms with E-state index in [-0.39, 0.29) is 11.5 Å². The average Bonchev–Trinajstić information content (AvgIpc) is 2.47. The third-order valence-corrected chi connectivity index (χ3v) is 3.00. The molecule has 0 aliphatic heterocycles. The zero-order chi connectivity index (χ0) is 15.4. The van der Waals surface area contributed by atoms with Crippen LogP contribution in [0.15, 0.2) is 42.5 Å². The lowest BCUT2D eigenvalue weighted by atomic mass is 10.1. The second-order valence-electron chi connectivity index (χ2n) is 4.59. The Bertz CT molecular complexity index is 681. The van der Waals surface area contributed by atoms with Crippen molar-refractivity contribution in [1.82, 2.24) is 5.32 Å². The summed E-state index contributed by atoms with van der Waals surface area (Å²) in [6.07, 6.45) is 0. The fraction of sp³-hybridized carbons (Fsp3) is 0.125. The van der Waals surface area contributed by atoms with Crippen molar-refractivity contribution in [3.05, 3.63) is 65.0 Å². The van der Waals surface area contributed by atoms with Gasteiger partial charge in [0.15, 0.2) is 0 Å². The fourth-order valence-electron chi connectivity index (χ4n) is 1.85. The number of anilines is 1. The highest BCUT2D eigenvalue weighted by atomic mass is 19.1. The largest absolute Gasteiger partial charge is 0.355 e. The van der Waals surface area contributed by atoms with Gasteiger partial charge in [-0.3, -0.25) is 9.59 Å². The van der Waals surface area contributed by atoms with Gasteiger partial charge in [0.25, 0.3) is 11.8 Å². The van der Waals surface area contributed by atoms with Crippen LogP contribution in [-0.4, -0.2) is 18.9 Å². The van der Waals surface area contributed by atoms with Crippen molar-refractivity contribution in [1.29, 1.82) is 0 Å². The van der Waals surface area contributed by atoms with Gasteiger partial charge in [0.2, 0.25) is 0 Å². The molecule has 0 saturated heterocycles. The molecule has 0 spiro atoms. The summed E-state index contributed by atoms with van der Waals surface area (Å²) in [5.41, 5.74) is 1.71. The van der Waals surface area contributed by atoms with Crippen LogP contribution in [0.2, 0.25) is 0 Å². The van der Waals surface area contributed by atoms with Crippen LogP contribution in [-0.2, 0) is 0 Å². The zero-order valence-electron chi connectivity index (χ0n) is 11.7. The first kappa shape index (κ1) is 14.7. The Morgan fingerprint density at radius 2 is 1.67 bits per heavy atom. The third kappa shape index (κ3) is 3.45. The van der Waals surface area contributed by atoms with Crippen LogP contribution in [0.1, 0.15) is 26.3 Å². The summed E-state index contributed by atoms with van der Waals surface area (Å²) in [5, 5.41) is 5.10. The molecule has 21 heavy (non-hydrogen) atoms. The van der Waals surface area contributed by atoms with Crippen molar-refractivity contribution in [2.45, 2.75) is 6.92 Å². The first-order chi connectivity index (χ1) is 10.0. The molecule has 2 rings (SSSR count). The lowest BCUT2D eigenvalue weighted by molar-refractivity contribution is 0.0962. The second kappa shape index (κ2) is 6.17. The summed E-state index contributed by atoms with van der Waals surface area (Å²) in [7, 11) is 1.54. The number of carbonyl (C=O) groups is 2. The fourth-order valence-corrected chi connectivity index (χ4v) is 1.85. The maximum atomic E-state index is 13.7. The lowest BCUT2D eigenvalue weighted by Crippen LogP contribution is -2.18. The number of amides is 2. The Morgan fingerprint density at radius 3 is 2.24 bits per heavy atom. The molecular formula is C16H15FN2O2. The van der Waals surface area contributed by atoms with E-state index in [0.717, 1.165) is 5.56 Å². The molecule has 0 atom stereocenters. The predicted octanol–water partition coefficient (Wildman–Crippen LogP) is 2.75. The number of benzene rings is 2. The molecule has 0 fully saturated rings. The minimum absolute atomic E-state index is 0.0176. The Balaban J connectivity index is 2.14. The molecule has 0 unspecified atom stereocenters. The molecule has 0 saturated carbocycles. The van der Waals surface area contributed by atoms with Gasteiger partial charge in [-0.2, -0.15) is 0 Å². The van der Waals surface area contributed by atoms with E-state index in [1.807, 2.05) is 0 Å². The number of nitrogens with one attached hydrogen (secondary N) is 2. The Labute approximate surface area is 122 Å². The summed E-state index contributed by atoms with van der Waals surface area (Å²) < 4.78 is 13.7. The molecular weight excluding hydrogens is 271 g/mol. The van der Waals surface area contributed by atoms with E-state index < -0.39 is 11.7 Å². The summed E-state index contributed by atoms with van der Waals surface area (Å²) >= 11 is 0. The topological polar surface area (TPSA) is 58.2 Å². The van der Waals surface area contributed by atoms with Crippen molar-refractivity contribution in [2.75, 3.05) is 12.4 Å². The molecule has 0 aliphatic rings. The van der Waals surface area contributed by atoms with Crippen molar-refractivity contribution < 1.29 is 14.0 Å². The number of hydrogen-bond donors (Lipinski definition) is 2. The van der Waals surface area contributed by atoms with Gasteiger partial charge in [0.05, 0.1) is 5.56 Å². The van der Waals surface area contributed by atoms with Gasteiger partial charge < -0.3 is 10.6 Å².